The highest BCUT2D eigenvalue weighted by molar-refractivity contribution is 5.76. The molecule has 0 saturated carbocycles. The van der Waals surface area contributed by atoms with Gasteiger partial charge in [0.15, 0.2) is 0 Å². The molecule has 0 aromatic heterocycles. The second-order valence-electron chi connectivity index (χ2n) is 3.15. The van der Waals surface area contributed by atoms with Gasteiger partial charge in [-0.1, -0.05) is 0 Å². The zero-order chi connectivity index (χ0) is 8.81. The zero-order valence-corrected chi connectivity index (χ0v) is 7.38. The van der Waals surface area contributed by atoms with Crippen molar-refractivity contribution in [2.75, 3.05) is 13.1 Å². The predicted molar refractivity (Wildman–Crippen MR) is 48.5 cm³/mol. The molecule has 2 heteroatoms. The summed E-state index contributed by atoms with van der Waals surface area (Å²) < 4.78 is 0. The van der Waals surface area contributed by atoms with Crippen LogP contribution in [0.5, 0.6) is 0 Å². The molecule has 2 nitrogen and oxygen atoms in total. The van der Waals surface area contributed by atoms with Crippen molar-refractivity contribution in [3.8, 4) is 12.3 Å². The molecule has 0 spiro atoms. The van der Waals surface area contributed by atoms with Crippen molar-refractivity contribution in [3.63, 3.8) is 0 Å². The first kappa shape index (κ1) is 9.12. The van der Waals surface area contributed by atoms with Crippen LogP contribution < -0.4 is 0 Å². The number of hydrogen-bond acceptors (Lipinski definition) is 1. The molecule has 0 aliphatic carbocycles. The van der Waals surface area contributed by atoms with E-state index in [1.165, 1.54) is 6.42 Å². The Bertz CT molecular complexity index is 189. The highest BCUT2D eigenvalue weighted by Gasteiger charge is 2.18. The van der Waals surface area contributed by atoms with Crippen molar-refractivity contribution in [1.82, 2.24) is 4.90 Å². The molecule has 1 fully saturated rings. The lowest BCUT2D eigenvalue weighted by atomic mass is 10.1. The lowest BCUT2D eigenvalue weighted by Crippen LogP contribution is -2.41. The Morgan fingerprint density at radius 2 is 2.17 bits per heavy atom. The first-order chi connectivity index (χ1) is 5.84. The molecule has 0 atom stereocenters. The second-order valence-corrected chi connectivity index (χ2v) is 3.15. The maximum absolute atomic E-state index is 11.3. The van der Waals surface area contributed by atoms with Crippen molar-refractivity contribution < 1.29 is 4.79 Å². The molecule has 1 heterocycles. The summed E-state index contributed by atoms with van der Waals surface area (Å²) in [4.78, 5) is 13.2. The van der Waals surface area contributed by atoms with Crippen LogP contribution in [0.2, 0.25) is 0 Å². The van der Waals surface area contributed by atoms with E-state index >= 15 is 0 Å². The minimum absolute atomic E-state index is 0.304. The molecule has 1 rings (SSSR count). The van der Waals surface area contributed by atoms with E-state index in [9.17, 15) is 4.79 Å². The van der Waals surface area contributed by atoms with E-state index in [2.05, 4.69) is 5.92 Å². The van der Waals surface area contributed by atoms with Gasteiger partial charge in [0.1, 0.15) is 0 Å². The Kier molecular flexibility index (Phi) is 3.66. The van der Waals surface area contributed by atoms with Gasteiger partial charge < -0.3 is 4.90 Å². The average molecular weight is 165 g/mol. The first-order valence-corrected chi connectivity index (χ1v) is 4.56. The van der Waals surface area contributed by atoms with Crippen LogP contribution in [-0.4, -0.2) is 23.9 Å². The van der Waals surface area contributed by atoms with E-state index in [4.69, 9.17) is 6.42 Å². The van der Waals surface area contributed by atoms with Gasteiger partial charge in [-0.2, -0.15) is 0 Å². The number of unbranched alkanes of at least 4 members (excludes halogenated alkanes) is 2. The van der Waals surface area contributed by atoms with Crippen LogP contribution in [0.1, 0.15) is 32.1 Å². The molecule has 0 N–H and O–H groups in total. The summed E-state index contributed by atoms with van der Waals surface area (Å²) in [5, 5.41) is 0. The van der Waals surface area contributed by atoms with Crippen molar-refractivity contribution in [2.45, 2.75) is 32.1 Å². The highest BCUT2D eigenvalue weighted by atomic mass is 16.2. The number of carbonyl (C=O) groups is 1. The largest absolute Gasteiger partial charge is 0.343 e. The second kappa shape index (κ2) is 4.82. The molecule has 1 aliphatic heterocycles. The molecule has 0 aromatic carbocycles. The Hall–Kier alpha value is -0.970. The summed E-state index contributed by atoms with van der Waals surface area (Å²) in [5.74, 6) is 2.88. The normalized spacial score (nSPS) is 15.1. The highest BCUT2D eigenvalue weighted by Crippen LogP contribution is 2.10. The van der Waals surface area contributed by atoms with Crippen molar-refractivity contribution >= 4 is 5.91 Å². The molecule has 0 radical (unpaired) electrons. The number of rotatable bonds is 4. The van der Waals surface area contributed by atoms with Gasteiger partial charge in [0.05, 0.1) is 0 Å². The van der Waals surface area contributed by atoms with Crippen LogP contribution in [0.25, 0.3) is 0 Å². The number of nitrogens with zero attached hydrogens (tertiary/aromatic N) is 1. The number of carbonyl (C=O) groups excluding carboxylic acids is 1. The number of hydrogen-bond donors (Lipinski definition) is 0. The molecular formula is C10H15NO. The Morgan fingerprint density at radius 1 is 1.42 bits per heavy atom. The molecular weight excluding hydrogens is 150 g/mol. The van der Waals surface area contributed by atoms with E-state index in [1.807, 2.05) is 4.90 Å². The van der Waals surface area contributed by atoms with Crippen molar-refractivity contribution in [1.29, 1.82) is 0 Å². The SMILES string of the molecule is C#CCCCCC(=O)N1CCC1. The smallest absolute Gasteiger partial charge is 0.222 e. The standard InChI is InChI=1S/C10H15NO/c1-2-3-4-5-7-10(12)11-8-6-9-11/h1H,3-9H2. The molecule has 1 saturated heterocycles. The van der Waals surface area contributed by atoms with Gasteiger partial charge in [-0.3, -0.25) is 4.79 Å². The summed E-state index contributed by atoms with van der Waals surface area (Å²) in [7, 11) is 0. The quantitative estimate of drug-likeness (QED) is 0.455. The van der Waals surface area contributed by atoms with Gasteiger partial charge in [-0.25, -0.2) is 0 Å². The summed E-state index contributed by atoms with van der Waals surface area (Å²) in [5.41, 5.74) is 0. The van der Waals surface area contributed by atoms with Crippen molar-refractivity contribution in [3.05, 3.63) is 0 Å². The molecule has 66 valence electrons. The maximum atomic E-state index is 11.3. The minimum atomic E-state index is 0.304. The van der Waals surface area contributed by atoms with E-state index in [1.54, 1.807) is 0 Å². The lowest BCUT2D eigenvalue weighted by molar-refractivity contribution is -0.134. The van der Waals surface area contributed by atoms with E-state index in [0.717, 1.165) is 32.4 Å². The van der Waals surface area contributed by atoms with Gasteiger partial charge in [0.25, 0.3) is 0 Å². The van der Waals surface area contributed by atoms with Crippen LogP contribution in [0, 0.1) is 12.3 Å². The third-order valence-electron chi connectivity index (χ3n) is 2.17. The monoisotopic (exact) mass is 165 g/mol. The molecule has 0 unspecified atom stereocenters. The van der Waals surface area contributed by atoms with Gasteiger partial charge in [0, 0.05) is 25.9 Å². The van der Waals surface area contributed by atoms with E-state index in [0.29, 0.717) is 12.3 Å². The zero-order valence-electron chi connectivity index (χ0n) is 7.38. The van der Waals surface area contributed by atoms with Crippen molar-refractivity contribution in [2.24, 2.45) is 0 Å². The molecule has 0 aromatic rings. The average Bonchev–Trinajstić information content (AvgIpc) is 1.95. The van der Waals surface area contributed by atoms with Crippen LogP contribution in [0.4, 0.5) is 0 Å². The van der Waals surface area contributed by atoms with E-state index < -0.39 is 0 Å². The van der Waals surface area contributed by atoms with Gasteiger partial charge >= 0.3 is 0 Å². The third kappa shape index (κ3) is 2.58. The van der Waals surface area contributed by atoms with E-state index in [-0.39, 0.29) is 0 Å². The Labute approximate surface area is 73.9 Å². The summed E-state index contributed by atoms with van der Waals surface area (Å²) >= 11 is 0. The first-order valence-electron chi connectivity index (χ1n) is 4.56. The number of terminal acetylenes is 1. The van der Waals surface area contributed by atoms with Crippen LogP contribution >= 0.6 is 0 Å². The Balaban J connectivity index is 1.99. The van der Waals surface area contributed by atoms with Crippen LogP contribution in [0.15, 0.2) is 0 Å². The maximum Gasteiger partial charge on any atom is 0.222 e. The van der Waals surface area contributed by atoms with Gasteiger partial charge in [-0.15, -0.1) is 12.3 Å². The molecule has 12 heavy (non-hydrogen) atoms. The summed E-state index contributed by atoms with van der Waals surface area (Å²) in [6.07, 6.45) is 9.68. The minimum Gasteiger partial charge on any atom is -0.343 e. The van der Waals surface area contributed by atoms with Crippen LogP contribution in [-0.2, 0) is 4.79 Å². The summed E-state index contributed by atoms with van der Waals surface area (Å²) in [6, 6.07) is 0. The topological polar surface area (TPSA) is 20.3 Å². The fourth-order valence-corrected chi connectivity index (χ4v) is 1.23. The summed E-state index contributed by atoms with van der Waals surface area (Å²) in [6.45, 7) is 1.93. The molecule has 0 bridgehead atoms. The molecule has 1 amide bonds. The fourth-order valence-electron chi connectivity index (χ4n) is 1.23. The lowest BCUT2D eigenvalue weighted by Gasteiger charge is -2.30. The van der Waals surface area contributed by atoms with Crippen LogP contribution in [0.3, 0.4) is 0 Å². The Morgan fingerprint density at radius 3 is 2.67 bits per heavy atom. The van der Waals surface area contributed by atoms with Gasteiger partial charge in [-0.05, 0) is 19.3 Å². The van der Waals surface area contributed by atoms with Gasteiger partial charge in [0.2, 0.25) is 5.91 Å². The third-order valence-corrected chi connectivity index (χ3v) is 2.17. The predicted octanol–water partition coefficient (Wildman–Crippen LogP) is 1.41. The molecule has 1 aliphatic rings. The fraction of sp³-hybridized carbons (Fsp3) is 0.700. The number of likely N-dealkylation sites (tertiary alicyclic amines) is 1. The number of amides is 1.